The first-order chi connectivity index (χ1) is 8.72. The second-order valence-electron chi connectivity index (χ2n) is 3.86. The Morgan fingerprint density at radius 2 is 2.17 bits per heavy atom. The van der Waals surface area contributed by atoms with E-state index in [1.807, 2.05) is 6.07 Å². The van der Waals surface area contributed by atoms with Gasteiger partial charge >= 0.3 is 5.97 Å². The second kappa shape index (κ2) is 8.01. The molecule has 0 unspecified atom stereocenters. The number of hydrogen-bond acceptors (Lipinski definition) is 5. The molecule has 6 nitrogen and oxygen atoms in total. The normalized spacial score (nSPS) is 9.72. The van der Waals surface area contributed by atoms with Crippen molar-refractivity contribution < 1.29 is 9.90 Å². The Morgan fingerprint density at radius 3 is 2.89 bits per heavy atom. The highest BCUT2D eigenvalue weighted by molar-refractivity contribution is 5.66. The van der Waals surface area contributed by atoms with Crippen molar-refractivity contribution in [3.05, 3.63) is 18.0 Å². The molecule has 0 amide bonds. The molecule has 1 heterocycles. The van der Waals surface area contributed by atoms with Crippen LogP contribution in [0.5, 0.6) is 0 Å². The van der Waals surface area contributed by atoms with Gasteiger partial charge < -0.3 is 10.4 Å². The summed E-state index contributed by atoms with van der Waals surface area (Å²) in [6.45, 7) is 0.724. The van der Waals surface area contributed by atoms with E-state index in [-0.39, 0.29) is 6.42 Å². The van der Waals surface area contributed by atoms with Gasteiger partial charge in [-0.3, -0.25) is 4.79 Å². The van der Waals surface area contributed by atoms with Crippen molar-refractivity contribution in [1.29, 1.82) is 5.26 Å². The van der Waals surface area contributed by atoms with Crippen molar-refractivity contribution in [2.45, 2.75) is 32.1 Å². The summed E-state index contributed by atoms with van der Waals surface area (Å²) < 4.78 is 0. The Bertz CT molecular complexity index is 428. The Balaban J connectivity index is 2.10. The van der Waals surface area contributed by atoms with Gasteiger partial charge in [-0.1, -0.05) is 12.8 Å². The van der Waals surface area contributed by atoms with Crippen molar-refractivity contribution in [2.24, 2.45) is 0 Å². The van der Waals surface area contributed by atoms with Crippen LogP contribution in [0.3, 0.4) is 0 Å². The molecule has 0 aliphatic rings. The van der Waals surface area contributed by atoms with Crippen LogP contribution in [0.15, 0.2) is 12.3 Å². The molecule has 6 heteroatoms. The third kappa shape index (κ3) is 5.80. The molecule has 0 fully saturated rings. The number of hydrogen-bond donors (Lipinski definition) is 2. The van der Waals surface area contributed by atoms with Gasteiger partial charge in [0, 0.05) is 19.2 Å². The third-order valence-corrected chi connectivity index (χ3v) is 2.37. The number of nitriles is 1. The molecular formula is C12H16N4O2. The molecule has 0 bridgehead atoms. The lowest BCUT2D eigenvalue weighted by atomic mass is 10.1. The maximum absolute atomic E-state index is 10.3. The van der Waals surface area contributed by atoms with Gasteiger partial charge in [-0.25, -0.2) is 9.97 Å². The molecule has 0 aliphatic carbocycles. The van der Waals surface area contributed by atoms with Crippen molar-refractivity contribution in [2.75, 3.05) is 11.9 Å². The summed E-state index contributed by atoms with van der Waals surface area (Å²) in [5.74, 6) is -0.283. The molecule has 0 aromatic carbocycles. The Hall–Kier alpha value is -2.16. The zero-order valence-electron chi connectivity index (χ0n) is 10.1. The quantitative estimate of drug-likeness (QED) is 0.680. The van der Waals surface area contributed by atoms with Gasteiger partial charge in [0.1, 0.15) is 11.8 Å². The van der Waals surface area contributed by atoms with Crippen LogP contribution in [0.2, 0.25) is 0 Å². The van der Waals surface area contributed by atoms with E-state index in [0.717, 1.165) is 32.2 Å². The maximum atomic E-state index is 10.3. The van der Waals surface area contributed by atoms with Gasteiger partial charge in [0.05, 0.1) is 0 Å². The predicted octanol–water partition coefficient (Wildman–Crippen LogP) is 1.80. The standard InChI is InChI=1S/C12H16N4O2/c13-9-10-6-8-15-12(16-10)14-7-4-2-1-3-5-11(17)18/h6,8H,1-5,7H2,(H,17,18)(H,14,15,16). The molecule has 0 saturated carbocycles. The van der Waals surface area contributed by atoms with E-state index >= 15 is 0 Å². The van der Waals surface area contributed by atoms with E-state index in [2.05, 4.69) is 15.3 Å². The number of aromatic nitrogens is 2. The minimum absolute atomic E-state index is 0.237. The SMILES string of the molecule is N#Cc1ccnc(NCCCCCCC(=O)O)n1. The maximum Gasteiger partial charge on any atom is 0.303 e. The van der Waals surface area contributed by atoms with Crippen molar-refractivity contribution in [1.82, 2.24) is 9.97 Å². The van der Waals surface area contributed by atoms with Crippen LogP contribution in [0.1, 0.15) is 37.8 Å². The Morgan fingerprint density at radius 1 is 1.39 bits per heavy atom. The summed E-state index contributed by atoms with van der Waals surface area (Å²) in [6.07, 6.45) is 5.31. The van der Waals surface area contributed by atoms with E-state index in [0.29, 0.717) is 11.6 Å². The molecule has 18 heavy (non-hydrogen) atoms. The average Bonchev–Trinajstić information content (AvgIpc) is 2.37. The average molecular weight is 248 g/mol. The van der Waals surface area contributed by atoms with Crippen LogP contribution < -0.4 is 5.32 Å². The van der Waals surface area contributed by atoms with Crippen LogP contribution in [-0.2, 0) is 4.79 Å². The van der Waals surface area contributed by atoms with Crippen molar-refractivity contribution >= 4 is 11.9 Å². The van der Waals surface area contributed by atoms with Crippen molar-refractivity contribution in [3.8, 4) is 6.07 Å². The molecule has 0 spiro atoms. The fourth-order valence-electron chi connectivity index (χ4n) is 1.46. The second-order valence-corrected chi connectivity index (χ2v) is 3.86. The van der Waals surface area contributed by atoms with E-state index < -0.39 is 5.97 Å². The number of carboxylic acid groups (broad SMARTS) is 1. The monoisotopic (exact) mass is 248 g/mol. The fourth-order valence-corrected chi connectivity index (χ4v) is 1.46. The summed E-state index contributed by atoms with van der Waals surface area (Å²) >= 11 is 0. The molecule has 1 aromatic rings. The minimum atomic E-state index is -0.741. The topological polar surface area (TPSA) is 98.9 Å². The third-order valence-electron chi connectivity index (χ3n) is 2.37. The van der Waals surface area contributed by atoms with Gasteiger partial charge in [-0.15, -0.1) is 0 Å². The molecule has 2 N–H and O–H groups in total. The largest absolute Gasteiger partial charge is 0.481 e. The zero-order valence-corrected chi connectivity index (χ0v) is 10.1. The molecule has 0 radical (unpaired) electrons. The summed E-state index contributed by atoms with van der Waals surface area (Å²) in [6, 6.07) is 3.50. The summed E-state index contributed by atoms with van der Waals surface area (Å²) in [7, 11) is 0. The number of nitrogens with one attached hydrogen (secondary N) is 1. The summed E-state index contributed by atoms with van der Waals surface area (Å²) in [5, 5.41) is 20.1. The number of aliphatic carboxylic acids is 1. The molecule has 0 saturated heterocycles. The minimum Gasteiger partial charge on any atom is -0.481 e. The lowest BCUT2D eigenvalue weighted by Gasteiger charge is -2.04. The Kier molecular flexibility index (Phi) is 6.19. The molecule has 1 rings (SSSR count). The smallest absolute Gasteiger partial charge is 0.303 e. The van der Waals surface area contributed by atoms with E-state index in [1.165, 1.54) is 0 Å². The van der Waals surface area contributed by atoms with Gasteiger partial charge in [-0.05, 0) is 18.9 Å². The Labute approximate surface area is 106 Å². The molecule has 1 aromatic heterocycles. The number of carboxylic acids is 1. The van der Waals surface area contributed by atoms with Crippen LogP contribution in [0, 0.1) is 11.3 Å². The highest BCUT2D eigenvalue weighted by Crippen LogP contribution is 2.04. The zero-order chi connectivity index (χ0) is 13.2. The predicted molar refractivity (Wildman–Crippen MR) is 66.0 cm³/mol. The lowest BCUT2D eigenvalue weighted by molar-refractivity contribution is -0.137. The van der Waals surface area contributed by atoms with Gasteiger partial charge in [-0.2, -0.15) is 5.26 Å². The lowest BCUT2D eigenvalue weighted by Crippen LogP contribution is -2.05. The highest BCUT2D eigenvalue weighted by atomic mass is 16.4. The number of nitrogens with zero attached hydrogens (tertiary/aromatic N) is 3. The van der Waals surface area contributed by atoms with Crippen LogP contribution in [-0.4, -0.2) is 27.6 Å². The van der Waals surface area contributed by atoms with Crippen LogP contribution in [0.4, 0.5) is 5.95 Å². The fraction of sp³-hybridized carbons (Fsp3) is 0.500. The molecular weight excluding hydrogens is 232 g/mol. The molecule has 0 atom stereocenters. The molecule has 96 valence electrons. The van der Waals surface area contributed by atoms with Gasteiger partial charge in [0.25, 0.3) is 0 Å². The van der Waals surface area contributed by atoms with Crippen molar-refractivity contribution in [3.63, 3.8) is 0 Å². The van der Waals surface area contributed by atoms with Crippen LogP contribution in [0.25, 0.3) is 0 Å². The van der Waals surface area contributed by atoms with Gasteiger partial charge in [0.2, 0.25) is 5.95 Å². The van der Waals surface area contributed by atoms with E-state index in [4.69, 9.17) is 10.4 Å². The first-order valence-electron chi connectivity index (χ1n) is 5.91. The van der Waals surface area contributed by atoms with E-state index in [1.54, 1.807) is 12.3 Å². The summed E-state index contributed by atoms with van der Waals surface area (Å²) in [5.41, 5.74) is 0.342. The summed E-state index contributed by atoms with van der Waals surface area (Å²) in [4.78, 5) is 18.3. The number of anilines is 1. The first kappa shape index (κ1) is 13.9. The highest BCUT2D eigenvalue weighted by Gasteiger charge is 1.98. The number of unbranched alkanes of at least 4 members (excludes halogenated alkanes) is 3. The number of carbonyl (C=O) groups is 1. The van der Waals surface area contributed by atoms with Gasteiger partial charge in [0.15, 0.2) is 0 Å². The van der Waals surface area contributed by atoms with Crippen LogP contribution >= 0.6 is 0 Å². The molecule has 0 aliphatic heterocycles. The van der Waals surface area contributed by atoms with E-state index in [9.17, 15) is 4.79 Å². The number of rotatable bonds is 8. The first-order valence-corrected chi connectivity index (χ1v) is 5.91.